The molecule has 0 aromatic heterocycles. The molecule has 1 unspecified atom stereocenters. The third kappa shape index (κ3) is 5.44. The molecule has 0 saturated heterocycles. The fourth-order valence-corrected chi connectivity index (χ4v) is 2.26. The number of ether oxygens (including phenoxy) is 1. The maximum Gasteiger partial charge on any atom is 0.339 e. The van der Waals surface area contributed by atoms with Gasteiger partial charge in [0.1, 0.15) is 12.4 Å². The molecule has 0 aliphatic carbocycles. The van der Waals surface area contributed by atoms with Crippen LogP contribution in [-0.2, 0) is 16.1 Å². The highest BCUT2D eigenvalue weighted by Gasteiger charge is 2.20. The van der Waals surface area contributed by atoms with Crippen LogP contribution in [0.2, 0.25) is 0 Å². The van der Waals surface area contributed by atoms with Crippen LogP contribution in [0.15, 0.2) is 54.6 Å². The Bertz CT molecular complexity index is 648. The average molecular weight is 331 g/mol. The van der Waals surface area contributed by atoms with Gasteiger partial charge < -0.3 is 15.2 Å². The van der Waals surface area contributed by atoms with Crippen molar-refractivity contribution in [2.24, 2.45) is 0 Å². The highest BCUT2D eigenvalue weighted by molar-refractivity contribution is 5.76. The van der Waals surface area contributed by atoms with Gasteiger partial charge in [-0.25, -0.2) is 9.18 Å². The zero-order chi connectivity index (χ0) is 17.4. The zero-order valence-corrected chi connectivity index (χ0v) is 13.6. The minimum atomic E-state index is -1.29. The Morgan fingerprint density at radius 2 is 1.96 bits per heavy atom. The molecule has 2 rings (SSSR count). The standard InChI is InChI=1S/C19H22FNO3/c1-2-17(21-12-14-7-6-10-16(20)11-14)13-24-19(23)18(22)15-8-4-3-5-9-15/h3-11,17-18,21-22H,2,12-13H2,1H3/t17-,18?/m1/s1. The molecule has 24 heavy (non-hydrogen) atoms. The van der Waals surface area contributed by atoms with E-state index in [2.05, 4.69) is 5.32 Å². The number of aliphatic hydroxyl groups excluding tert-OH is 1. The summed E-state index contributed by atoms with van der Waals surface area (Å²) in [6, 6.07) is 14.9. The number of hydrogen-bond acceptors (Lipinski definition) is 4. The van der Waals surface area contributed by atoms with Crippen LogP contribution >= 0.6 is 0 Å². The molecule has 0 radical (unpaired) electrons. The summed E-state index contributed by atoms with van der Waals surface area (Å²) >= 11 is 0. The van der Waals surface area contributed by atoms with E-state index in [9.17, 15) is 14.3 Å². The van der Waals surface area contributed by atoms with Gasteiger partial charge in [-0.2, -0.15) is 0 Å². The van der Waals surface area contributed by atoms with Gasteiger partial charge in [-0.1, -0.05) is 49.4 Å². The molecule has 0 aliphatic rings. The summed E-state index contributed by atoms with van der Waals surface area (Å²) in [6.07, 6.45) is -0.545. The van der Waals surface area contributed by atoms with Gasteiger partial charge in [0.25, 0.3) is 0 Å². The van der Waals surface area contributed by atoms with Gasteiger partial charge >= 0.3 is 5.97 Å². The summed E-state index contributed by atoms with van der Waals surface area (Å²) < 4.78 is 18.4. The summed E-state index contributed by atoms with van der Waals surface area (Å²) in [5.74, 6) is -0.952. The summed E-state index contributed by atoms with van der Waals surface area (Å²) in [6.45, 7) is 2.59. The van der Waals surface area contributed by atoms with Gasteiger partial charge in [-0.05, 0) is 29.7 Å². The minimum Gasteiger partial charge on any atom is -0.462 e. The maximum absolute atomic E-state index is 13.2. The Kier molecular flexibility index (Phi) is 6.90. The van der Waals surface area contributed by atoms with Crippen molar-refractivity contribution in [2.75, 3.05) is 6.61 Å². The van der Waals surface area contributed by atoms with Crippen LogP contribution < -0.4 is 5.32 Å². The Hall–Kier alpha value is -2.24. The summed E-state index contributed by atoms with van der Waals surface area (Å²) in [5, 5.41) is 13.2. The van der Waals surface area contributed by atoms with Crippen molar-refractivity contribution in [1.82, 2.24) is 5.32 Å². The fraction of sp³-hybridized carbons (Fsp3) is 0.316. The summed E-state index contributed by atoms with van der Waals surface area (Å²) in [5.41, 5.74) is 1.33. The number of carbonyl (C=O) groups excluding carboxylic acids is 1. The number of rotatable bonds is 8. The zero-order valence-electron chi connectivity index (χ0n) is 13.6. The van der Waals surface area contributed by atoms with E-state index in [-0.39, 0.29) is 18.5 Å². The number of benzene rings is 2. The predicted molar refractivity (Wildman–Crippen MR) is 89.7 cm³/mol. The van der Waals surface area contributed by atoms with E-state index in [4.69, 9.17) is 4.74 Å². The molecule has 0 bridgehead atoms. The first-order valence-electron chi connectivity index (χ1n) is 7.97. The van der Waals surface area contributed by atoms with E-state index in [1.54, 1.807) is 30.3 Å². The van der Waals surface area contributed by atoms with Gasteiger partial charge in [-0.3, -0.25) is 0 Å². The van der Waals surface area contributed by atoms with Crippen LogP contribution in [0.1, 0.15) is 30.6 Å². The van der Waals surface area contributed by atoms with Crippen LogP contribution in [0.3, 0.4) is 0 Å². The Morgan fingerprint density at radius 1 is 1.21 bits per heavy atom. The third-order valence-corrected chi connectivity index (χ3v) is 3.74. The third-order valence-electron chi connectivity index (χ3n) is 3.74. The molecule has 0 spiro atoms. The molecular formula is C19H22FNO3. The summed E-state index contributed by atoms with van der Waals surface area (Å²) in [4.78, 5) is 11.9. The van der Waals surface area contributed by atoms with Crippen molar-refractivity contribution in [2.45, 2.75) is 32.0 Å². The van der Waals surface area contributed by atoms with E-state index in [0.29, 0.717) is 12.1 Å². The quantitative estimate of drug-likeness (QED) is 0.730. The SMILES string of the molecule is CC[C@H](COC(=O)C(O)c1ccccc1)NCc1cccc(F)c1. The minimum absolute atomic E-state index is 0.0693. The molecule has 128 valence electrons. The molecule has 2 N–H and O–H groups in total. The topological polar surface area (TPSA) is 58.6 Å². The highest BCUT2D eigenvalue weighted by Crippen LogP contribution is 2.14. The van der Waals surface area contributed by atoms with Crippen LogP contribution in [0.5, 0.6) is 0 Å². The van der Waals surface area contributed by atoms with Crippen molar-refractivity contribution in [3.05, 3.63) is 71.5 Å². The van der Waals surface area contributed by atoms with Crippen molar-refractivity contribution < 1.29 is 19.0 Å². The lowest BCUT2D eigenvalue weighted by atomic mass is 10.1. The summed E-state index contributed by atoms with van der Waals surface area (Å²) in [7, 11) is 0. The highest BCUT2D eigenvalue weighted by atomic mass is 19.1. The smallest absolute Gasteiger partial charge is 0.339 e. The van der Waals surface area contributed by atoms with E-state index >= 15 is 0 Å². The van der Waals surface area contributed by atoms with Crippen molar-refractivity contribution in [3.63, 3.8) is 0 Å². The largest absolute Gasteiger partial charge is 0.462 e. The average Bonchev–Trinajstić information content (AvgIpc) is 2.61. The second-order valence-electron chi connectivity index (χ2n) is 5.56. The number of aliphatic hydroxyl groups is 1. The lowest BCUT2D eigenvalue weighted by molar-refractivity contribution is -0.154. The fourth-order valence-electron chi connectivity index (χ4n) is 2.26. The number of carbonyl (C=O) groups is 1. The molecule has 0 saturated carbocycles. The van der Waals surface area contributed by atoms with Gasteiger partial charge in [0.2, 0.25) is 0 Å². The molecule has 0 fully saturated rings. The van der Waals surface area contributed by atoms with Crippen LogP contribution in [0.4, 0.5) is 4.39 Å². The van der Waals surface area contributed by atoms with Crippen LogP contribution in [0, 0.1) is 5.82 Å². The number of nitrogens with one attached hydrogen (secondary N) is 1. The maximum atomic E-state index is 13.2. The second kappa shape index (κ2) is 9.15. The lowest BCUT2D eigenvalue weighted by Crippen LogP contribution is -2.34. The Labute approximate surface area is 141 Å². The van der Waals surface area contributed by atoms with Crippen LogP contribution in [0.25, 0.3) is 0 Å². The molecule has 2 aromatic rings. The van der Waals surface area contributed by atoms with E-state index in [1.807, 2.05) is 19.1 Å². The first-order valence-corrected chi connectivity index (χ1v) is 7.97. The first-order chi connectivity index (χ1) is 11.6. The van der Waals surface area contributed by atoms with Crippen molar-refractivity contribution in [3.8, 4) is 0 Å². The molecular weight excluding hydrogens is 309 g/mol. The Balaban J connectivity index is 1.81. The van der Waals surface area contributed by atoms with Crippen molar-refractivity contribution >= 4 is 5.97 Å². The lowest BCUT2D eigenvalue weighted by Gasteiger charge is -2.18. The molecule has 5 heteroatoms. The number of esters is 1. The molecule has 4 nitrogen and oxygen atoms in total. The second-order valence-corrected chi connectivity index (χ2v) is 5.56. The Morgan fingerprint density at radius 3 is 2.62 bits per heavy atom. The molecule has 0 amide bonds. The van der Waals surface area contributed by atoms with Gasteiger partial charge in [-0.15, -0.1) is 0 Å². The van der Waals surface area contributed by atoms with Gasteiger partial charge in [0.05, 0.1) is 0 Å². The van der Waals surface area contributed by atoms with E-state index in [1.165, 1.54) is 12.1 Å². The van der Waals surface area contributed by atoms with Gasteiger partial charge in [0.15, 0.2) is 6.10 Å². The van der Waals surface area contributed by atoms with Crippen LogP contribution in [-0.4, -0.2) is 23.7 Å². The monoisotopic (exact) mass is 331 g/mol. The normalized spacial score (nSPS) is 13.3. The first kappa shape index (κ1) is 18.1. The van der Waals surface area contributed by atoms with Crippen molar-refractivity contribution in [1.29, 1.82) is 0 Å². The van der Waals surface area contributed by atoms with E-state index in [0.717, 1.165) is 12.0 Å². The molecule has 0 heterocycles. The number of hydrogen-bond donors (Lipinski definition) is 2. The molecule has 2 aromatic carbocycles. The molecule has 0 aliphatic heterocycles. The predicted octanol–water partition coefficient (Wildman–Crippen LogP) is 2.97. The number of halogens is 1. The molecule has 2 atom stereocenters. The van der Waals surface area contributed by atoms with E-state index < -0.39 is 12.1 Å². The van der Waals surface area contributed by atoms with Gasteiger partial charge in [0, 0.05) is 12.6 Å².